The smallest absolute Gasteiger partial charge is 0.00596 e. The Morgan fingerprint density at radius 1 is 0.737 bits per heavy atom. The highest BCUT2D eigenvalue weighted by molar-refractivity contribution is 9.09. The molecule has 2 aliphatic rings. The van der Waals surface area contributed by atoms with Crippen LogP contribution in [0, 0.1) is 23.7 Å². The normalized spacial score (nSPS) is 36.3. The summed E-state index contributed by atoms with van der Waals surface area (Å²) in [5, 5.41) is 1.24. The lowest BCUT2D eigenvalue weighted by Crippen LogP contribution is -2.26. The average Bonchev–Trinajstić information content (AvgIpc) is 2.48. The summed E-state index contributed by atoms with van der Waals surface area (Å²) in [4.78, 5) is 0. The SMILES string of the molecule is CCCCC[C@H]1CC[C@H]([C@H]2CC[C@H](CBr)CC2)CC1. The van der Waals surface area contributed by atoms with Crippen LogP contribution in [0.4, 0.5) is 0 Å². The van der Waals surface area contributed by atoms with Crippen molar-refractivity contribution >= 4 is 15.9 Å². The first-order valence-corrected chi connectivity index (χ1v) is 10.0. The summed E-state index contributed by atoms with van der Waals surface area (Å²) in [6, 6.07) is 0. The van der Waals surface area contributed by atoms with Gasteiger partial charge in [0.05, 0.1) is 0 Å². The van der Waals surface area contributed by atoms with Gasteiger partial charge in [-0.2, -0.15) is 0 Å². The molecule has 0 aliphatic heterocycles. The lowest BCUT2D eigenvalue weighted by Gasteiger charge is -2.37. The van der Waals surface area contributed by atoms with E-state index < -0.39 is 0 Å². The van der Waals surface area contributed by atoms with Gasteiger partial charge in [0.15, 0.2) is 0 Å². The molecule has 0 aromatic rings. The summed E-state index contributed by atoms with van der Waals surface area (Å²) >= 11 is 3.66. The summed E-state index contributed by atoms with van der Waals surface area (Å²) in [5.41, 5.74) is 0. The minimum atomic E-state index is 0.988. The molecule has 0 atom stereocenters. The molecule has 0 radical (unpaired) electrons. The molecule has 2 rings (SSSR count). The van der Waals surface area contributed by atoms with E-state index in [4.69, 9.17) is 0 Å². The molecule has 0 amide bonds. The first-order valence-electron chi connectivity index (χ1n) is 8.89. The van der Waals surface area contributed by atoms with E-state index in [2.05, 4.69) is 22.9 Å². The van der Waals surface area contributed by atoms with Crippen molar-refractivity contribution in [3.05, 3.63) is 0 Å². The Kier molecular flexibility index (Phi) is 7.26. The van der Waals surface area contributed by atoms with Crippen LogP contribution in [0.15, 0.2) is 0 Å². The quantitative estimate of drug-likeness (QED) is 0.382. The van der Waals surface area contributed by atoms with Crippen molar-refractivity contribution in [2.24, 2.45) is 23.7 Å². The number of alkyl halides is 1. The van der Waals surface area contributed by atoms with Crippen LogP contribution in [0.1, 0.15) is 84.0 Å². The van der Waals surface area contributed by atoms with E-state index in [0.29, 0.717) is 0 Å². The van der Waals surface area contributed by atoms with E-state index in [-0.39, 0.29) is 0 Å². The maximum Gasteiger partial charge on any atom is 0.00596 e. The third kappa shape index (κ3) is 5.06. The Labute approximate surface area is 129 Å². The zero-order valence-corrected chi connectivity index (χ0v) is 14.5. The van der Waals surface area contributed by atoms with Gasteiger partial charge in [-0.15, -0.1) is 0 Å². The minimum absolute atomic E-state index is 0.988. The van der Waals surface area contributed by atoms with Gasteiger partial charge in [-0.05, 0) is 62.2 Å². The molecule has 19 heavy (non-hydrogen) atoms. The topological polar surface area (TPSA) is 0 Å². The van der Waals surface area contributed by atoms with E-state index in [1.807, 2.05) is 0 Å². The van der Waals surface area contributed by atoms with E-state index in [9.17, 15) is 0 Å². The summed E-state index contributed by atoms with van der Waals surface area (Å²) in [6.07, 6.45) is 18.1. The fraction of sp³-hybridized carbons (Fsp3) is 1.00. The van der Waals surface area contributed by atoms with Crippen LogP contribution >= 0.6 is 15.9 Å². The van der Waals surface area contributed by atoms with Crippen LogP contribution < -0.4 is 0 Å². The molecule has 2 saturated carbocycles. The summed E-state index contributed by atoms with van der Waals surface area (Å²) in [5.74, 6) is 4.26. The number of hydrogen-bond donors (Lipinski definition) is 0. The number of unbranched alkanes of at least 4 members (excludes halogenated alkanes) is 2. The minimum Gasteiger partial charge on any atom is -0.0925 e. The third-order valence-electron chi connectivity index (χ3n) is 5.88. The van der Waals surface area contributed by atoms with E-state index >= 15 is 0 Å². The Balaban J connectivity index is 1.63. The van der Waals surface area contributed by atoms with Crippen LogP contribution in [-0.4, -0.2) is 5.33 Å². The first kappa shape index (κ1) is 15.9. The number of halogens is 1. The molecule has 0 N–H and O–H groups in total. The zero-order valence-electron chi connectivity index (χ0n) is 12.9. The van der Waals surface area contributed by atoms with Crippen molar-refractivity contribution in [3.8, 4) is 0 Å². The van der Waals surface area contributed by atoms with Crippen molar-refractivity contribution < 1.29 is 0 Å². The number of hydrogen-bond acceptors (Lipinski definition) is 0. The van der Waals surface area contributed by atoms with Crippen LogP contribution in [0.25, 0.3) is 0 Å². The van der Waals surface area contributed by atoms with Gasteiger partial charge in [0.25, 0.3) is 0 Å². The fourth-order valence-electron chi connectivity index (χ4n) is 4.45. The second-order valence-electron chi connectivity index (χ2n) is 7.21. The average molecular weight is 329 g/mol. The van der Waals surface area contributed by atoms with Crippen molar-refractivity contribution in [1.29, 1.82) is 0 Å². The summed E-state index contributed by atoms with van der Waals surface area (Å²) < 4.78 is 0. The van der Waals surface area contributed by atoms with Crippen LogP contribution in [-0.2, 0) is 0 Å². The van der Waals surface area contributed by atoms with Gasteiger partial charge >= 0.3 is 0 Å². The molecule has 2 aliphatic carbocycles. The van der Waals surface area contributed by atoms with Gasteiger partial charge in [0.1, 0.15) is 0 Å². The van der Waals surface area contributed by atoms with Crippen molar-refractivity contribution in [1.82, 2.24) is 0 Å². The van der Waals surface area contributed by atoms with E-state index in [1.165, 1.54) is 56.7 Å². The van der Waals surface area contributed by atoms with Crippen LogP contribution in [0.2, 0.25) is 0 Å². The predicted octanol–water partition coefficient (Wildman–Crippen LogP) is 6.57. The van der Waals surface area contributed by atoms with Crippen molar-refractivity contribution in [2.75, 3.05) is 5.33 Å². The molecular formula is C18H33Br. The standard InChI is InChI=1S/C18H33Br/c1-2-3-4-5-15-6-10-17(11-7-15)18-12-8-16(14-19)9-13-18/h15-18H,2-14H2,1H3/t15-,16-,17-,18-. The molecular weight excluding hydrogens is 296 g/mol. The lowest BCUT2D eigenvalue weighted by atomic mass is 9.69. The van der Waals surface area contributed by atoms with Crippen LogP contribution in [0.5, 0.6) is 0 Å². The van der Waals surface area contributed by atoms with Gasteiger partial charge in [-0.1, -0.05) is 61.4 Å². The molecule has 0 aromatic heterocycles. The third-order valence-corrected chi connectivity index (χ3v) is 6.80. The van der Waals surface area contributed by atoms with Gasteiger partial charge in [-0.3, -0.25) is 0 Å². The Morgan fingerprint density at radius 3 is 1.74 bits per heavy atom. The zero-order chi connectivity index (χ0) is 13.5. The highest BCUT2D eigenvalue weighted by Gasteiger charge is 2.30. The highest BCUT2D eigenvalue weighted by atomic mass is 79.9. The second kappa shape index (κ2) is 8.70. The number of rotatable bonds is 6. The molecule has 0 heterocycles. The molecule has 0 aromatic carbocycles. The van der Waals surface area contributed by atoms with Gasteiger partial charge in [-0.25, -0.2) is 0 Å². The summed E-state index contributed by atoms with van der Waals surface area (Å²) in [7, 11) is 0. The fourth-order valence-corrected chi connectivity index (χ4v) is 5.09. The summed E-state index contributed by atoms with van der Waals surface area (Å²) in [6.45, 7) is 2.32. The highest BCUT2D eigenvalue weighted by Crippen LogP contribution is 2.42. The molecule has 2 fully saturated rings. The molecule has 0 nitrogen and oxygen atoms in total. The maximum absolute atomic E-state index is 3.66. The van der Waals surface area contributed by atoms with Crippen molar-refractivity contribution in [2.45, 2.75) is 84.0 Å². The lowest BCUT2D eigenvalue weighted by molar-refractivity contribution is 0.148. The van der Waals surface area contributed by atoms with Gasteiger partial charge in [0.2, 0.25) is 0 Å². The molecule has 0 bridgehead atoms. The molecule has 0 unspecified atom stereocenters. The van der Waals surface area contributed by atoms with E-state index in [1.54, 1.807) is 25.7 Å². The molecule has 0 saturated heterocycles. The van der Waals surface area contributed by atoms with Gasteiger partial charge < -0.3 is 0 Å². The molecule has 1 heteroatoms. The van der Waals surface area contributed by atoms with Crippen LogP contribution in [0.3, 0.4) is 0 Å². The Morgan fingerprint density at radius 2 is 1.26 bits per heavy atom. The van der Waals surface area contributed by atoms with Gasteiger partial charge in [0, 0.05) is 5.33 Å². The Bertz CT molecular complexity index is 222. The Hall–Kier alpha value is 0.480. The predicted molar refractivity (Wildman–Crippen MR) is 88.8 cm³/mol. The van der Waals surface area contributed by atoms with Crippen molar-refractivity contribution in [3.63, 3.8) is 0 Å². The molecule has 112 valence electrons. The maximum atomic E-state index is 3.66. The second-order valence-corrected chi connectivity index (χ2v) is 7.86. The monoisotopic (exact) mass is 328 g/mol. The largest absolute Gasteiger partial charge is 0.0925 e. The molecule has 0 spiro atoms. The van der Waals surface area contributed by atoms with E-state index in [0.717, 1.165) is 23.7 Å². The first-order chi connectivity index (χ1) is 9.33.